The largest absolute Gasteiger partial charge is 0.474 e. The van der Waals surface area contributed by atoms with Gasteiger partial charge in [-0.1, -0.05) is 53.5 Å². The van der Waals surface area contributed by atoms with Gasteiger partial charge in [0.2, 0.25) is 5.88 Å². The van der Waals surface area contributed by atoms with Gasteiger partial charge >= 0.3 is 6.09 Å². The Kier molecular flexibility index (Phi) is 9.27. The molecule has 0 bridgehead atoms. The summed E-state index contributed by atoms with van der Waals surface area (Å²) in [6.07, 6.45) is 4.55. The van der Waals surface area contributed by atoms with Crippen LogP contribution in [0, 0.1) is 17.1 Å². The molecule has 0 aliphatic carbocycles. The van der Waals surface area contributed by atoms with Crippen LogP contribution in [0.5, 0.6) is 5.88 Å². The summed E-state index contributed by atoms with van der Waals surface area (Å²) in [4.78, 5) is 26.6. The molecular formula is C38H39Cl2FN6O3. The van der Waals surface area contributed by atoms with Crippen LogP contribution < -0.4 is 4.74 Å². The normalized spacial score (nSPS) is 20.1. The van der Waals surface area contributed by atoms with Gasteiger partial charge in [-0.05, 0) is 83.1 Å². The van der Waals surface area contributed by atoms with Crippen molar-refractivity contribution in [2.24, 2.45) is 0 Å². The molecule has 0 N–H and O–H groups in total. The number of nitrogens with zero attached hydrogens (tertiary/aromatic N) is 6. The van der Waals surface area contributed by atoms with E-state index < -0.39 is 17.5 Å². The van der Waals surface area contributed by atoms with Gasteiger partial charge in [-0.15, -0.1) is 0 Å². The molecule has 3 aromatic carbocycles. The van der Waals surface area contributed by atoms with E-state index in [1.165, 1.54) is 0 Å². The smallest absolute Gasteiger partial charge is 0.410 e. The number of carbonyl (C=O) groups is 1. The number of likely N-dealkylation sites (N-methyl/N-ethyl adjacent to an activating group) is 1. The Hall–Kier alpha value is -4.17. The van der Waals surface area contributed by atoms with E-state index in [1.807, 2.05) is 55.7 Å². The predicted molar refractivity (Wildman–Crippen MR) is 194 cm³/mol. The number of rotatable bonds is 6. The molecule has 0 spiro atoms. The summed E-state index contributed by atoms with van der Waals surface area (Å²) in [5, 5.41) is 12.5. The number of fused-ring (bicyclic) bond motifs is 4. The average molecular weight is 718 g/mol. The number of aromatic nitrogens is 3. The lowest BCUT2D eigenvalue weighted by Crippen LogP contribution is -2.48. The molecule has 2 aromatic heterocycles. The van der Waals surface area contributed by atoms with Crippen molar-refractivity contribution < 1.29 is 18.7 Å². The van der Waals surface area contributed by atoms with Crippen LogP contribution >= 0.6 is 23.2 Å². The molecule has 2 fully saturated rings. The van der Waals surface area contributed by atoms with Crippen LogP contribution in [0.2, 0.25) is 10.0 Å². The van der Waals surface area contributed by atoms with Crippen LogP contribution in [0.3, 0.4) is 0 Å². The Morgan fingerprint density at radius 2 is 1.86 bits per heavy atom. The zero-order valence-corrected chi connectivity index (χ0v) is 30.1. The first-order valence-electron chi connectivity index (χ1n) is 17.0. The van der Waals surface area contributed by atoms with E-state index in [0.29, 0.717) is 58.4 Å². The SMILES string of the molecule is CN1CCC[C@H]1COc1nc2c(F)c(-c3cccc4cccc(Cl)c34)c(Cl)cc2c2c1ncn2C1CCN(C(=O)OC(C)(C)C)[C@H](CC#N)C1. The minimum atomic E-state index is -0.666. The van der Waals surface area contributed by atoms with Gasteiger partial charge in [-0.2, -0.15) is 5.26 Å². The third-order valence-corrected chi connectivity index (χ3v) is 10.5. The maximum absolute atomic E-state index is 17.1. The molecule has 9 nitrogen and oxygen atoms in total. The number of hydrogen-bond acceptors (Lipinski definition) is 7. The van der Waals surface area contributed by atoms with Crippen molar-refractivity contribution in [2.45, 2.75) is 76.6 Å². The number of carbonyl (C=O) groups excluding carboxylic acids is 1. The van der Waals surface area contributed by atoms with Crippen LogP contribution in [0.1, 0.15) is 58.9 Å². The van der Waals surface area contributed by atoms with Crippen molar-refractivity contribution in [3.05, 3.63) is 64.7 Å². The summed E-state index contributed by atoms with van der Waals surface area (Å²) in [6.45, 7) is 7.22. The second-order valence-corrected chi connectivity index (χ2v) is 15.1. The number of piperidine rings is 1. The highest BCUT2D eigenvalue weighted by molar-refractivity contribution is 6.38. The molecule has 2 aliphatic heterocycles. The van der Waals surface area contributed by atoms with Crippen LogP contribution in [0.25, 0.3) is 43.8 Å². The summed E-state index contributed by atoms with van der Waals surface area (Å²) in [6, 6.07) is 14.8. The topological polar surface area (TPSA) is 96.5 Å². The molecule has 4 heterocycles. The van der Waals surface area contributed by atoms with Gasteiger partial charge in [0.25, 0.3) is 0 Å². The lowest BCUT2D eigenvalue weighted by molar-refractivity contribution is 0.00618. The summed E-state index contributed by atoms with van der Waals surface area (Å²) >= 11 is 13.7. The number of likely N-dealkylation sites (tertiary alicyclic amines) is 2. The van der Waals surface area contributed by atoms with E-state index in [1.54, 1.807) is 23.4 Å². The molecule has 12 heteroatoms. The van der Waals surface area contributed by atoms with Crippen molar-refractivity contribution >= 4 is 62.0 Å². The van der Waals surface area contributed by atoms with Crippen molar-refractivity contribution in [3.8, 4) is 23.1 Å². The lowest BCUT2D eigenvalue weighted by Gasteiger charge is -2.39. The number of amides is 1. The Labute approximate surface area is 300 Å². The highest BCUT2D eigenvalue weighted by atomic mass is 35.5. The van der Waals surface area contributed by atoms with E-state index in [2.05, 4.69) is 18.0 Å². The van der Waals surface area contributed by atoms with Crippen molar-refractivity contribution in [3.63, 3.8) is 0 Å². The van der Waals surface area contributed by atoms with Crippen LogP contribution in [-0.4, -0.2) is 74.9 Å². The first-order valence-corrected chi connectivity index (χ1v) is 17.8. The molecule has 0 radical (unpaired) electrons. The fourth-order valence-corrected chi connectivity index (χ4v) is 8.05. The third-order valence-electron chi connectivity index (χ3n) is 9.90. The highest BCUT2D eigenvalue weighted by Crippen LogP contribution is 2.44. The van der Waals surface area contributed by atoms with Crippen molar-refractivity contribution in [1.82, 2.24) is 24.3 Å². The monoisotopic (exact) mass is 716 g/mol. The maximum Gasteiger partial charge on any atom is 0.410 e. The second kappa shape index (κ2) is 13.5. The van der Waals surface area contributed by atoms with Crippen molar-refractivity contribution in [2.75, 3.05) is 26.7 Å². The summed E-state index contributed by atoms with van der Waals surface area (Å²) in [7, 11) is 2.07. The number of hydrogen-bond donors (Lipinski definition) is 0. The van der Waals surface area contributed by atoms with E-state index in [4.69, 9.17) is 42.6 Å². The zero-order chi connectivity index (χ0) is 35.3. The van der Waals surface area contributed by atoms with Gasteiger partial charge in [0.1, 0.15) is 17.7 Å². The highest BCUT2D eigenvalue weighted by Gasteiger charge is 2.36. The standard InChI is InChI=1S/C38H39Cl2FN6O3/c1-38(2,3)50-37(48)46-17-14-24(18-23(46)13-15-42)47-21-43-34-35(47)27-19-29(40)31(26-11-5-8-22-9-6-12-28(39)30(22)26)32(41)33(27)44-36(34)49-20-25-10-7-16-45(25)4/h5-6,8-9,11-12,19,21,23-25H,7,10,13-14,16-18,20H2,1-4H3/t23-,24?,25+/m1/s1. The van der Waals surface area contributed by atoms with Crippen LogP contribution in [-0.2, 0) is 4.74 Å². The Morgan fingerprint density at radius 3 is 2.58 bits per heavy atom. The van der Waals surface area contributed by atoms with E-state index in [9.17, 15) is 10.1 Å². The Morgan fingerprint density at radius 1 is 1.08 bits per heavy atom. The zero-order valence-electron chi connectivity index (χ0n) is 28.5. The van der Waals surface area contributed by atoms with E-state index >= 15 is 4.39 Å². The van der Waals surface area contributed by atoms with E-state index in [-0.39, 0.29) is 46.5 Å². The predicted octanol–water partition coefficient (Wildman–Crippen LogP) is 9.18. The second-order valence-electron chi connectivity index (χ2n) is 14.3. The lowest BCUT2D eigenvalue weighted by atomic mass is 9.94. The van der Waals surface area contributed by atoms with Gasteiger partial charge < -0.3 is 23.8 Å². The Balaban J connectivity index is 1.37. The molecule has 1 unspecified atom stereocenters. The molecule has 50 heavy (non-hydrogen) atoms. The molecule has 5 aromatic rings. The molecule has 1 amide bonds. The molecule has 260 valence electrons. The Bertz CT molecular complexity index is 2150. The van der Waals surface area contributed by atoms with Gasteiger partial charge in [-0.25, -0.2) is 19.2 Å². The number of halogens is 3. The minimum Gasteiger partial charge on any atom is -0.474 e. The van der Waals surface area contributed by atoms with E-state index in [0.717, 1.165) is 24.8 Å². The van der Waals surface area contributed by atoms with Crippen molar-refractivity contribution in [1.29, 1.82) is 5.26 Å². The number of pyridine rings is 1. The molecule has 2 aliphatic rings. The number of nitriles is 1. The van der Waals surface area contributed by atoms with Crippen LogP contribution in [0.4, 0.5) is 9.18 Å². The molecule has 7 rings (SSSR count). The number of ether oxygens (including phenoxy) is 2. The summed E-state index contributed by atoms with van der Waals surface area (Å²) in [5.41, 5.74) is 1.35. The maximum atomic E-state index is 17.1. The van der Waals surface area contributed by atoms with Gasteiger partial charge in [-0.3, -0.25) is 0 Å². The average Bonchev–Trinajstić information content (AvgIpc) is 3.70. The van der Waals surface area contributed by atoms with Gasteiger partial charge in [0.05, 0.1) is 29.4 Å². The number of benzene rings is 3. The van der Waals surface area contributed by atoms with Crippen LogP contribution in [0.15, 0.2) is 48.8 Å². The number of imidazole rings is 1. The third kappa shape index (κ3) is 6.32. The quantitative estimate of drug-likeness (QED) is 0.173. The summed E-state index contributed by atoms with van der Waals surface area (Å²) in [5.74, 6) is -0.339. The molecule has 0 saturated carbocycles. The summed E-state index contributed by atoms with van der Waals surface area (Å²) < 4.78 is 31.2. The minimum absolute atomic E-state index is 0.109. The fraction of sp³-hybridized carbons (Fsp3) is 0.421. The molecule has 3 atom stereocenters. The first kappa shape index (κ1) is 34.3. The van der Waals surface area contributed by atoms with Gasteiger partial charge in [0.15, 0.2) is 11.3 Å². The first-order chi connectivity index (χ1) is 23.9. The van der Waals surface area contributed by atoms with Gasteiger partial charge in [0, 0.05) is 46.0 Å². The molecule has 2 saturated heterocycles. The molecular weight excluding hydrogens is 678 g/mol. The fourth-order valence-electron chi connectivity index (χ4n) is 7.47.